The third kappa shape index (κ3) is 5.36. The van der Waals surface area contributed by atoms with Crippen LogP contribution in [0.25, 0.3) is 0 Å². The average Bonchev–Trinajstić information content (AvgIpc) is 2.92. The lowest BCUT2D eigenvalue weighted by atomic mass is 10.0. The number of hydrazone groups is 1. The number of carbonyl (C=O) groups is 2. The number of ether oxygens (including phenoxy) is 2. The number of pyridine rings is 1. The standard InChI is InChI=1S/C27H28N4O4S/c1-5-23-24(19-13-14-21(34-3)22(16-19)35-4)30-31(27(33)36-23)25(18-11-9-17(2)10-12-18)29-26(32)20-8-6-7-15-28-20/h6-16,23,25H,5H2,1-4H3,(H,29,32). The highest BCUT2D eigenvalue weighted by Crippen LogP contribution is 2.36. The molecule has 0 radical (unpaired) electrons. The van der Waals surface area contributed by atoms with Crippen molar-refractivity contribution in [2.24, 2.45) is 5.10 Å². The van der Waals surface area contributed by atoms with Crippen molar-refractivity contribution < 1.29 is 19.1 Å². The summed E-state index contributed by atoms with van der Waals surface area (Å²) in [6, 6.07) is 18.3. The van der Waals surface area contributed by atoms with Crippen LogP contribution in [-0.2, 0) is 0 Å². The van der Waals surface area contributed by atoms with Gasteiger partial charge in [-0.3, -0.25) is 14.6 Å². The largest absolute Gasteiger partial charge is 0.493 e. The normalized spacial score (nSPS) is 16.2. The number of aryl methyl sites for hydroxylation is 1. The third-order valence-electron chi connectivity index (χ3n) is 5.80. The van der Waals surface area contributed by atoms with Gasteiger partial charge in [-0.2, -0.15) is 10.1 Å². The molecule has 2 unspecified atom stereocenters. The fourth-order valence-electron chi connectivity index (χ4n) is 3.86. The number of rotatable bonds is 8. The Morgan fingerprint density at radius 2 is 1.83 bits per heavy atom. The Labute approximate surface area is 214 Å². The second-order valence-corrected chi connectivity index (χ2v) is 9.34. The molecule has 36 heavy (non-hydrogen) atoms. The van der Waals surface area contributed by atoms with Crippen molar-refractivity contribution in [3.8, 4) is 11.5 Å². The average molecular weight is 505 g/mol. The molecule has 1 aliphatic rings. The SMILES string of the molecule is CCC1SC(=O)N(C(NC(=O)c2ccccn2)c2ccc(C)cc2)N=C1c1ccc(OC)c(OC)c1. The van der Waals surface area contributed by atoms with Crippen LogP contribution >= 0.6 is 11.8 Å². The topological polar surface area (TPSA) is 93.1 Å². The van der Waals surface area contributed by atoms with Crippen LogP contribution in [-0.4, -0.2) is 46.3 Å². The summed E-state index contributed by atoms with van der Waals surface area (Å²) in [7, 11) is 3.16. The lowest BCUT2D eigenvalue weighted by Crippen LogP contribution is -2.44. The zero-order chi connectivity index (χ0) is 25.7. The molecule has 186 valence electrons. The first kappa shape index (κ1) is 25.2. The molecule has 3 aromatic rings. The van der Waals surface area contributed by atoms with E-state index < -0.39 is 12.1 Å². The van der Waals surface area contributed by atoms with Gasteiger partial charge in [0.25, 0.3) is 5.91 Å². The maximum Gasteiger partial charge on any atom is 0.304 e. The van der Waals surface area contributed by atoms with Crippen molar-refractivity contribution in [1.82, 2.24) is 15.3 Å². The fourth-order valence-corrected chi connectivity index (χ4v) is 4.82. The molecular weight excluding hydrogens is 476 g/mol. The molecule has 4 rings (SSSR count). The van der Waals surface area contributed by atoms with Gasteiger partial charge in [0.1, 0.15) is 5.69 Å². The Balaban J connectivity index is 1.78. The molecule has 2 amide bonds. The van der Waals surface area contributed by atoms with Gasteiger partial charge in [-0.1, -0.05) is 54.6 Å². The predicted molar refractivity (Wildman–Crippen MR) is 141 cm³/mol. The first-order valence-electron chi connectivity index (χ1n) is 11.5. The van der Waals surface area contributed by atoms with Gasteiger partial charge in [0.2, 0.25) is 0 Å². The van der Waals surface area contributed by atoms with E-state index in [1.54, 1.807) is 38.6 Å². The maximum absolute atomic E-state index is 13.3. The molecule has 1 aromatic heterocycles. The first-order valence-corrected chi connectivity index (χ1v) is 12.4. The number of benzene rings is 2. The van der Waals surface area contributed by atoms with E-state index >= 15 is 0 Å². The Hall–Kier alpha value is -3.85. The van der Waals surface area contributed by atoms with Crippen LogP contribution in [0.3, 0.4) is 0 Å². The van der Waals surface area contributed by atoms with Crippen LogP contribution in [0.5, 0.6) is 11.5 Å². The molecule has 1 aliphatic heterocycles. The van der Waals surface area contributed by atoms with Crippen molar-refractivity contribution in [1.29, 1.82) is 0 Å². The van der Waals surface area contributed by atoms with Gasteiger partial charge in [-0.05, 0) is 49.2 Å². The Kier molecular flexibility index (Phi) is 7.90. The van der Waals surface area contributed by atoms with Crippen LogP contribution in [0.1, 0.15) is 46.7 Å². The number of nitrogens with one attached hydrogen (secondary N) is 1. The number of aromatic nitrogens is 1. The quantitative estimate of drug-likeness (QED) is 0.454. The lowest BCUT2D eigenvalue weighted by molar-refractivity contribution is 0.0882. The summed E-state index contributed by atoms with van der Waals surface area (Å²) in [5, 5.41) is 8.70. The highest BCUT2D eigenvalue weighted by molar-refractivity contribution is 8.14. The minimum Gasteiger partial charge on any atom is -0.493 e. The number of amides is 2. The van der Waals surface area contributed by atoms with Gasteiger partial charge in [-0.25, -0.2) is 0 Å². The van der Waals surface area contributed by atoms with Crippen LogP contribution in [0.4, 0.5) is 4.79 Å². The van der Waals surface area contributed by atoms with Crippen molar-refractivity contribution >= 4 is 28.6 Å². The Morgan fingerprint density at radius 3 is 2.47 bits per heavy atom. The number of hydrogen-bond donors (Lipinski definition) is 1. The molecule has 2 aromatic carbocycles. The minimum absolute atomic E-state index is 0.156. The van der Waals surface area contributed by atoms with E-state index in [1.807, 2.05) is 56.3 Å². The summed E-state index contributed by atoms with van der Waals surface area (Å²) < 4.78 is 10.9. The number of carbonyl (C=O) groups excluding carboxylic acids is 2. The van der Waals surface area contributed by atoms with Gasteiger partial charge in [-0.15, -0.1) is 0 Å². The molecule has 2 atom stereocenters. The fraction of sp³-hybridized carbons (Fsp3) is 0.259. The van der Waals surface area contributed by atoms with E-state index in [1.165, 1.54) is 16.8 Å². The number of methoxy groups -OCH3 is 2. The molecule has 0 saturated carbocycles. The van der Waals surface area contributed by atoms with Crippen LogP contribution in [0.2, 0.25) is 0 Å². The number of nitrogens with zero attached hydrogens (tertiary/aromatic N) is 3. The van der Waals surface area contributed by atoms with E-state index in [4.69, 9.17) is 14.6 Å². The molecule has 9 heteroatoms. The number of thioether (sulfide) groups is 1. The van der Waals surface area contributed by atoms with Crippen LogP contribution in [0.15, 0.2) is 72.0 Å². The van der Waals surface area contributed by atoms with Crippen LogP contribution in [0, 0.1) is 6.92 Å². The van der Waals surface area contributed by atoms with E-state index in [0.29, 0.717) is 23.6 Å². The van der Waals surface area contributed by atoms with Crippen molar-refractivity contribution in [3.63, 3.8) is 0 Å². The monoisotopic (exact) mass is 504 g/mol. The van der Waals surface area contributed by atoms with E-state index in [0.717, 1.165) is 16.7 Å². The molecule has 0 spiro atoms. The van der Waals surface area contributed by atoms with E-state index in [2.05, 4.69) is 10.3 Å². The lowest BCUT2D eigenvalue weighted by Gasteiger charge is -2.34. The summed E-state index contributed by atoms with van der Waals surface area (Å²) in [5.41, 5.74) is 3.57. The molecule has 2 heterocycles. The summed E-state index contributed by atoms with van der Waals surface area (Å²) in [4.78, 5) is 30.6. The zero-order valence-electron chi connectivity index (χ0n) is 20.6. The summed E-state index contributed by atoms with van der Waals surface area (Å²) in [6.45, 7) is 3.99. The highest BCUT2D eigenvalue weighted by Gasteiger charge is 2.36. The summed E-state index contributed by atoms with van der Waals surface area (Å²) in [6.07, 6.45) is 1.43. The Bertz CT molecular complexity index is 1260. The maximum atomic E-state index is 13.3. The molecule has 0 bridgehead atoms. The summed E-state index contributed by atoms with van der Waals surface area (Å²) >= 11 is 1.19. The van der Waals surface area contributed by atoms with Gasteiger partial charge in [0.05, 0.1) is 25.2 Å². The van der Waals surface area contributed by atoms with Gasteiger partial charge in [0.15, 0.2) is 17.7 Å². The predicted octanol–water partition coefficient (Wildman–Crippen LogP) is 5.19. The molecule has 1 N–H and O–H groups in total. The van der Waals surface area contributed by atoms with Gasteiger partial charge >= 0.3 is 5.24 Å². The second kappa shape index (κ2) is 11.3. The molecule has 8 nitrogen and oxygen atoms in total. The minimum atomic E-state index is -0.826. The Morgan fingerprint density at radius 1 is 1.08 bits per heavy atom. The highest BCUT2D eigenvalue weighted by atomic mass is 32.2. The number of hydrogen-bond acceptors (Lipinski definition) is 7. The third-order valence-corrected chi connectivity index (χ3v) is 7.03. The zero-order valence-corrected chi connectivity index (χ0v) is 21.4. The van der Waals surface area contributed by atoms with Crippen molar-refractivity contribution in [3.05, 3.63) is 89.2 Å². The van der Waals surface area contributed by atoms with E-state index in [-0.39, 0.29) is 16.2 Å². The van der Waals surface area contributed by atoms with Crippen LogP contribution < -0.4 is 14.8 Å². The molecule has 0 aliphatic carbocycles. The van der Waals surface area contributed by atoms with Gasteiger partial charge in [0, 0.05) is 11.8 Å². The molecule has 0 saturated heterocycles. The van der Waals surface area contributed by atoms with E-state index in [9.17, 15) is 9.59 Å². The van der Waals surface area contributed by atoms with Crippen molar-refractivity contribution in [2.75, 3.05) is 14.2 Å². The summed E-state index contributed by atoms with van der Waals surface area (Å²) in [5.74, 6) is 0.769. The second-order valence-electron chi connectivity index (χ2n) is 8.18. The van der Waals surface area contributed by atoms with Gasteiger partial charge < -0.3 is 14.8 Å². The molecular formula is C27H28N4O4S. The first-order chi connectivity index (χ1) is 17.4. The van der Waals surface area contributed by atoms with Crippen molar-refractivity contribution in [2.45, 2.75) is 31.7 Å². The smallest absolute Gasteiger partial charge is 0.304 e. The molecule has 0 fully saturated rings.